The van der Waals surface area contributed by atoms with E-state index in [1.807, 2.05) is 36.4 Å². The molecule has 8 nitrogen and oxygen atoms in total. The van der Waals surface area contributed by atoms with E-state index in [1.165, 1.54) is 0 Å². The highest BCUT2D eigenvalue weighted by Gasteiger charge is 2.62. The number of piperidine rings is 1. The number of nitriles is 1. The van der Waals surface area contributed by atoms with Crippen LogP contribution in [0.15, 0.2) is 109 Å². The van der Waals surface area contributed by atoms with Crippen LogP contribution in [0.1, 0.15) is 89.9 Å². The van der Waals surface area contributed by atoms with E-state index < -0.39 is 41.2 Å². The first-order chi connectivity index (χ1) is 26.9. The van der Waals surface area contributed by atoms with E-state index >= 15 is 0 Å². The summed E-state index contributed by atoms with van der Waals surface area (Å²) in [4.78, 5) is 2.51. The molecule has 2 fully saturated rings. The third kappa shape index (κ3) is 7.80. The van der Waals surface area contributed by atoms with Crippen molar-refractivity contribution in [3.05, 3.63) is 148 Å². The second-order valence-corrected chi connectivity index (χ2v) is 14.3. The first kappa shape index (κ1) is 39.1. The zero-order valence-electron chi connectivity index (χ0n) is 30.5. The monoisotopic (exact) mass is 774 g/mol. The van der Waals surface area contributed by atoms with Crippen LogP contribution in [0.3, 0.4) is 0 Å². The van der Waals surface area contributed by atoms with Crippen LogP contribution in [0.2, 0.25) is 0 Å². The van der Waals surface area contributed by atoms with Crippen molar-refractivity contribution in [2.75, 3.05) is 13.2 Å². The molecule has 2 saturated heterocycles. The lowest BCUT2D eigenvalue weighted by atomic mass is 9.77. The molecule has 0 spiro atoms. The minimum absolute atomic E-state index is 0.000420. The lowest BCUT2D eigenvalue weighted by molar-refractivity contribution is -0.143. The highest BCUT2D eigenvalue weighted by atomic mass is 19.4. The summed E-state index contributed by atoms with van der Waals surface area (Å²) in [5, 5.41) is 22.1. The van der Waals surface area contributed by atoms with Crippen molar-refractivity contribution in [2.24, 2.45) is 0 Å². The maximum Gasteiger partial charge on any atom is 0.416 e. The second kappa shape index (κ2) is 16.2. The average Bonchev–Trinajstić information content (AvgIpc) is 3.76. The topological polar surface area (TPSA) is 89.1 Å². The van der Waals surface area contributed by atoms with Gasteiger partial charge in [0.2, 0.25) is 0 Å². The van der Waals surface area contributed by atoms with Crippen molar-refractivity contribution in [1.29, 1.82) is 5.26 Å². The van der Waals surface area contributed by atoms with Crippen LogP contribution >= 0.6 is 0 Å². The Morgan fingerprint density at radius 1 is 0.804 bits per heavy atom. The molecule has 2 aliphatic heterocycles. The third-order valence-electron chi connectivity index (χ3n) is 11.1. The third-order valence-corrected chi connectivity index (χ3v) is 11.1. The molecule has 0 N–H and O–H groups in total. The quantitative estimate of drug-likeness (QED) is 0.0870. The molecule has 0 aliphatic carbocycles. The summed E-state index contributed by atoms with van der Waals surface area (Å²) < 4.78 is 98.1. The Morgan fingerprint density at radius 2 is 1.41 bits per heavy atom. The van der Waals surface area contributed by atoms with Crippen LogP contribution in [0.25, 0.3) is 0 Å². The highest BCUT2D eigenvalue weighted by Crippen LogP contribution is 2.59. The Bertz CT molecular complexity index is 2080. The highest BCUT2D eigenvalue weighted by molar-refractivity contribution is 5.39. The van der Waals surface area contributed by atoms with Gasteiger partial charge in [-0.2, -0.15) is 31.6 Å². The van der Waals surface area contributed by atoms with Gasteiger partial charge in [-0.3, -0.25) is 4.90 Å². The van der Waals surface area contributed by atoms with E-state index in [0.717, 1.165) is 17.5 Å². The molecule has 2 aliphatic rings. The fourth-order valence-corrected chi connectivity index (χ4v) is 8.75. The zero-order chi connectivity index (χ0) is 39.5. The number of hydrogen-bond acceptors (Lipinski definition) is 7. The maximum absolute atomic E-state index is 13.9. The smallest absolute Gasteiger partial charge is 0.374 e. The number of alkyl halides is 6. The number of ether oxygens (including phenoxy) is 2. The molecular weight excluding hydrogens is 734 g/mol. The maximum atomic E-state index is 13.9. The molecule has 0 amide bonds. The molecular formula is C42H40F6N6O2. The van der Waals surface area contributed by atoms with Gasteiger partial charge >= 0.3 is 12.4 Å². The average molecular weight is 775 g/mol. The van der Waals surface area contributed by atoms with Crippen molar-refractivity contribution in [3.8, 4) is 6.07 Å². The van der Waals surface area contributed by atoms with Gasteiger partial charge in [-0.25, -0.2) is 4.68 Å². The van der Waals surface area contributed by atoms with Crippen LogP contribution in [0.5, 0.6) is 0 Å². The summed E-state index contributed by atoms with van der Waals surface area (Å²) >= 11 is 0. The summed E-state index contributed by atoms with van der Waals surface area (Å²) in [6.07, 6.45) is -9.43. The lowest BCUT2D eigenvalue weighted by Crippen LogP contribution is -2.57. The first-order valence-corrected chi connectivity index (χ1v) is 18.5. The van der Waals surface area contributed by atoms with E-state index in [0.29, 0.717) is 42.9 Å². The van der Waals surface area contributed by atoms with Gasteiger partial charge in [0.15, 0.2) is 5.82 Å². The van der Waals surface area contributed by atoms with Gasteiger partial charge in [0, 0.05) is 18.0 Å². The van der Waals surface area contributed by atoms with E-state index in [4.69, 9.17) is 9.47 Å². The predicted octanol–water partition coefficient (Wildman–Crippen LogP) is 9.42. The van der Waals surface area contributed by atoms with Gasteiger partial charge in [0.05, 0.1) is 55.0 Å². The normalized spacial score (nSPS) is 22.4. The molecule has 7 rings (SSSR count). The molecule has 3 heterocycles. The number of nitrogens with zero attached hydrogens (tertiary/aromatic N) is 6. The van der Waals surface area contributed by atoms with Crippen LogP contribution < -0.4 is 0 Å². The van der Waals surface area contributed by atoms with Crippen molar-refractivity contribution in [1.82, 2.24) is 25.1 Å². The van der Waals surface area contributed by atoms with Gasteiger partial charge in [0.25, 0.3) is 0 Å². The molecule has 5 aromatic rings. The van der Waals surface area contributed by atoms with E-state index in [1.54, 1.807) is 35.0 Å². The molecule has 0 saturated carbocycles. The number of benzene rings is 4. The fraction of sp³-hybridized carbons (Fsp3) is 0.381. The van der Waals surface area contributed by atoms with Gasteiger partial charge in [0.1, 0.15) is 6.10 Å². The Hall–Kier alpha value is -5.10. The van der Waals surface area contributed by atoms with Crippen LogP contribution in [0, 0.1) is 11.3 Å². The standard InChI is InChI=1S/C42H40F6N6O2/c1-28(29-12-5-2-6-13-29)54-36-18-19-37(40(54,32-16-9-4-10-17-32)27-35(36)39-50-51-52-53(39)21-11-20-49)55-22-23-56-38(30-14-7-3-8-15-30)31-24-33(41(43,44)45)26-34(25-31)42(46,47)48/h2-10,12-17,24-26,28,35-38H,11,18-19,21-23,27H2,1H3. The van der Waals surface area contributed by atoms with E-state index in [-0.39, 0.29) is 49.3 Å². The molecule has 6 unspecified atom stereocenters. The largest absolute Gasteiger partial charge is 0.416 e. The van der Waals surface area contributed by atoms with Crippen molar-refractivity contribution in [2.45, 2.75) is 87.3 Å². The van der Waals surface area contributed by atoms with Crippen molar-refractivity contribution >= 4 is 0 Å². The summed E-state index contributed by atoms with van der Waals surface area (Å²) in [5.74, 6) is 0.577. The summed E-state index contributed by atoms with van der Waals surface area (Å²) in [5.41, 5.74) is -1.25. The minimum Gasteiger partial charge on any atom is -0.374 e. The minimum atomic E-state index is -5.01. The molecule has 6 atom stereocenters. The summed E-state index contributed by atoms with van der Waals surface area (Å²) in [7, 11) is 0. The molecule has 14 heteroatoms. The van der Waals surface area contributed by atoms with Crippen molar-refractivity contribution in [3.63, 3.8) is 0 Å². The number of hydrogen-bond donors (Lipinski definition) is 0. The van der Waals surface area contributed by atoms with Gasteiger partial charge in [-0.1, -0.05) is 91.0 Å². The molecule has 1 aromatic heterocycles. The van der Waals surface area contributed by atoms with E-state index in [9.17, 15) is 31.6 Å². The molecule has 4 aromatic carbocycles. The molecule has 0 radical (unpaired) electrons. The Balaban J connectivity index is 1.22. The summed E-state index contributed by atoms with van der Waals surface area (Å²) in [6.45, 7) is 2.41. The predicted molar refractivity (Wildman–Crippen MR) is 194 cm³/mol. The van der Waals surface area contributed by atoms with Gasteiger partial charge in [-0.15, -0.1) is 5.10 Å². The fourth-order valence-electron chi connectivity index (χ4n) is 8.75. The zero-order valence-corrected chi connectivity index (χ0v) is 30.5. The van der Waals surface area contributed by atoms with Gasteiger partial charge < -0.3 is 9.47 Å². The van der Waals surface area contributed by atoms with E-state index in [2.05, 4.69) is 57.7 Å². The van der Waals surface area contributed by atoms with Crippen LogP contribution in [-0.4, -0.2) is 50.5 Å². The van der Waals surface area contributed by atoms with Crippen LogP contribution in [0.4, 0.5) is 26.3 Å². The number of aryl methyl sites for hydroxylation is 1. The molecule has 292 valence electrons. The van der Waals surface area contributed by atoms with Crippen molar-refractivity contribution < 1.29 is 35.8 Å². The molecule has 2 bridgehead atoms. The number of halogens is 6. The number of rotatable bonds is 13. The number of aromatic nitrogens is 4. The SMILES string of the molecule is CC(c1ccccc1)N1C2CCC(OCCOC(c3ccccc3)c3cc(C(F)(F)F)cc(C(F)(F)F)c3)C1(c1ccccc1)CC2c1nnnn1CCC#N. The molecule has 56 heavy (non-hydrogen) atoms. The number of fused-ring (bicyclic) bond motifs is 2. The van der Waals surface area contributed by atoms with Crippen LogP contribution in [-0.2, 0) is 33.9 Å². The first-order valence-electron chi connectivity index (χ1n) is 18.5. The lowest BCUT2D eigenvalue weighted by Gasteiger charge is -2.52. The Labute approximate surface area is 320 Å². The van der Waals surface area contributed by atoms with Gasteiger partial charge in [-0.05, 0) is 77.1 Å². The Morgan fingerprint density at radius 3 is 2.02 bits per heavy atom. The Kier molecular flexibility index (Phi) is 11.3. The number of tetrazole rings is 1. The summed E-state index contributed by atoms with van der Waals surface area (Å²) in [6, 6.07) is 32.1. The second-order valence-electron chi connectivity index (χ2n) is 14.3.